The van der Waals surface area contributed by atoms with Gasteiger partial charge < -0.3 is 4.90 Å². The van der Waals surface area contributed by atoms with Gasteiger partial charge in [-0.1, -0.05) is 37.6 Å². The Morgan fingerprint density at radius 1 is 1.11 bits per heavy atom. The van der Waals surface area contributed by atoms with E-state index in [1.165, 1.54) is 16.1 Å². The molecule has 27 heavy (non-hydrogen) atoms. The van der Waals surface area contributed by atoms with E-state index in [1.54, 1.807) is 35.2 Å². The van der Waals surface area contributed by atoms with Crippen LogP contribution in [0.3, 0.4) is 0 Å². The standard InChI is InChI=1S/C19H21ClN2O3S2/c1-3-21(4-2)27(24,25)16-9-10-18-17(11-16)22(19(23)13-26-18)12-14-5-7-15(20)8-6-14/h5-11H,3-4,12-13H2,1-2H3. The number of carbonyl (C=O) groups is 1. The summed E-state index contributed by atoms with van der Waals surface area (Å²) in [6.45, 7) is 4.80. The Morgan fingerprint density at radius 2 is 1.78 bits per heavy atom. The number of fused-ring (bicyclic) bond motifs is 1. The lowest BCUT2D eigenvalue weighted by atomic mass is 10.2. The molecule has 3 rings (SSSR count). The largest absolute Gasteiger partial charge is 0.306 e. The van der Waals surface area contributed by atoms with Gasteiger partial charge >= 0.3 is 0 Å². The van der Waals surface area contributed by atoms with Crippen molar-refractivity contribution < 1.29 is 13.2 Å². The van der Waals surface area contributed by atoms with Gasteiger partial charge in [-0.3, -0.25) is 4.79 Å². The van der Waals surface area contributed by atoms with Crippen LogP contribution in [0.25, 0.3) is 0 Å². The first-order chi connectivity index (χ1) is 12.9. The maximum Gasteiger partial charge on any atom is 0.243 e. The minimum Gasteiger partial charge on any atom is -0.306 e. The minimum absolute atomic E-state index is 0.0418. The molecular weight excluding hydrogens is 404 g/mol. The fraction of sp³-hybridized carbons (Fsp3) is 0.316. The van der Waals surface area contributed by atoms with Gasteiger partial charge in [0.1, 0.15) is 0 Å². The number of anilines is 1. The SMILES string of the molecule is CCN(CC)S(=O)(=O)c1ccc2c(c1)N(Cc1ccc(Cl)cc1)C(=O)CS2. The summed E-state index contributed by atoms with van der Waals surface area (Å²) in [6, 6.07) is 12.3. The lowest BCUT2D eigenvalue weighted by molar-refractivity contribution is -0.116. The van der Waals surface area contributed by atoms with Gasteiger partial charge in [0, 0.05) is 23.0 Å². The predicted octanol–water partition coefficient (Wildman–Crippen LogP) is 4.01. The van der Waals surface area contributed by atoms with Crippen molar-refractivity contribution in [2.45, 2.75) is 30.2 Å². The van der Waals surface area contributed by atoms with Crippen molar-refractivity contribution in [2.75, 3.05) is 23.7 Å². The number of carbonyl (C=O) groups excluding carboxylic acids is 1. The first kappa shape index (κ1) is 20.2. The molecule has 8 heteroatoms. The van der Waals surface area contributed by atoms with Gasteiger partial charge in [0.05, 0.1) is 22.9 Å². The molecular formula is C19H21ClN2O3S2. The first-order valence-corrected chi connectivity index (χ1v) is 11.5. The highest BCUT2D eigenvalue weighted by atomic mass is 35.5. The van der Waals surface area contributed by atoms with E-state index >= 15 is 0 Å². The van der Waals surface area contributed by atoms with Crippen molar-refractivity contribution in [2.24, 2.45) is 0 Å². The average molecular weight is 425 g/mol. The van der Waals surface area contributed by atoms with Crippen LogP contribution in [0.2, 0.25) is 5.02 Å². The molecule has 2 aromatic carbocycles. The number of hydrogen-bond acceptors (Lipinski definition) is 4. The molecule has 2 aromatic rings. The molecule has 5 nitrogen and oxygen atoms in total. The number of benzene rings is 2. The quantitative estimate of drug-likeness (QED) is 0.703. The Hall–Kier alpha value is -1.54. The number of hydrogen-bond donors (Lipinski definition) is 0. The molecule has 1 aliphatic rings. The van der Waals surface area contributed by atoms with Gasteiger partial charge in [-0.2, -0.15) is 4.31 Å². The van der Waals surface area contributed by atoms with Crippen molar-refractivity contribution >= 4 is 45.0 Å². The summed E-state index contributed by atoms with van der Waals surface area (Å²) in [5, 5.41) is 0.632. The maximum atomic E-state index is 12.9. The third-order valence-corrected chi connectivity index (χ3v) is 7.82. The normalized spacial score (nSPS) is 14.5. The second-order valence-corrected chi connectivity index (χ2v) is 9.51. The van der Waals surface area contributed by atoms with Crippen LogP contribution >= 0.6 is 23.4 Å². The van der Waals surface area contributed by atoms with Crippen LogP contribution in [-0.4, -0.2) is 37.5 Å². The van der Waals surface area contributed by atoms with E-state index in [0.717, 1.165) is 10.5 Å². The Labute approximate surface area is 169 Å². The zero-order valence-electron chi connectivity index (χ0n) is 15.2. The molecule has 0 aromatic heterocycles. The molecule has 0 atom stereocenters. The summed E-state index contributed by atoms with van der Waals surface area (Å²) in [7, 11) is -3.59. The van der Waals surface area contributed by atoms with Crippen molar-refractivity contribution in [1.29, 1.82) is 0 Å². The Morgan fingerprint density at radius 3 is 2.41 bits per heavy atom. The van der Waals surface area contributed by atoms with Gasteiger partial charge in [0.15, 0.2) is 0 Å². The molecule has 1 aliphatic heterocycles. The average Bonchev–Trinajstić information content (AvgIpc) is 2.66. The van der Waals surface area contributed by atoms with Gasteiger partial charge in [-0.25, -0.2) is 8.42 Å². The third-order valence-electron chi connectivity index (χ3n) is 4.47. The monoisotopic (exact) mass is 424 g/mol. The van der Waals surface area contributed by atoms with Crippen LogP contribution in [0.4, 0.5) is 5.69 Å². The molecule has 144 valence electrons. The van der Waals surface area contributed by atoms with E-state index in [2.05, 4.69) is 0 Å². The van der Waals surface area contributed by atoms with E-state index in [0.29, 0.717) is 36.1 Å². The molecule has 0 saturated carbocycles. The topological polar surface area (TPSA) is 57.7 Å². The summed E-state index contributed by atoms with van der Waals surface area (Å²) in [6.07, 6.45) is 0. The molecule has 0 radical (unpaired) electrons. The number of thioether (sulfide) groups is 1. The van der Waals surface area contributed by atoms with Crippen molar-refractivity contribution in [1.82, 2.24) is 4.31 Å². The number of amides is 1. The number of nitrogens with zero attached hydrogens (tertiary/aromatic N) is 2. The van der Waals surface area contributed by atoms with Crippen LogP contribution < -0.4 is 4.90 Å². The van der Waals surface area contributed by atoms with Crippen molar-refractivity contribution in [3.63, 3.8) is 0 Å². The van der Waals surface area contributed by atoms with Crippen LogP contribution in [-0.2, 0) is 21.4 Å². The highest BCUT2D eigenvalue weighted by Crippen LogP contribution is 2.38. The Bertz CT molecular complexity index is 942. The molecule has 0 saturated heterocycles. The summed E-state index contributed by atoms with van der Waals surface area (Å²) < 4.78 is 27.1. The van der Waals surface area contributed by atoms with Crippen molar-refractivity contribution in [3.8, 4) is 0 Å². The molecule has 0 bridgehead atoms. The lowest BCUT2D eigenvalue weighted by Crippen LogP contribution is -2.35. The number of rotatable bonds is 6. The van der Waals surface area contributed by atoms with Crippen LogP contribution in [0.1, 0.15) is 19.4 Å². The summed E-state index contributed by atoms with van der Waals surface area (Å²) in [4.78, 5) is 15.3. The fourth-order valence-corrected chi connectivity index (χ4v) is 5.52. The van der Waals surface area contributed by atoms with Crippen LogP contribution in [0, 0.1) is 0 Å². The summed E-state index contributed by atoms with van der Waals surface area (Å²) in [5.74, 6) is 0.294. The molecule has 1 heterocycles. The minimum atomic E-state index is -3.59. The Kier molecular flexibility index (Phi) is 6.15. The Balaban J connectivity index is 2.00. The van der Waals surface area contributed by atoms with E-state index in [9.17, 15) is 13.2 Å². The summed E-state index contributed by atoms with van der Waals surface area (Å²) >= 11 is 7.37. The summed E-state index contributed by atoms with van der Waals surface area (Å²) in [5.41, 5.74) is 1.57. The number of halogens is 1. The van der Waals surface area contributed by atoms with E-state index < -0.39 is 10.0 Å². The van der Waals surface area contributed by atoms with Gasteiger partial charge in [0.2, 0.25) is 15.9 Å². The second-order valence-electron chi connectivity index (χ2n) is 6.11. The predicted molar refractivity (Wildman–Crippen MR) is 110 cm³/mol. The molecule has 1 amide bonds. The zero-order valence-corrected chi connectivity index (χ0v) is 17.6. The van der Waals surface area contributed by atoms with E-state index in [1.807, 2.05) is 26.0 Å². The fourth-order valence-electron chi connectivity index (χ4n) is 3.00. The van der Waals surface area contributed by atoms with Crippen LogP contribution in [0.15, 0.2) is 52.3 Å². The third kappa shape index (κ3) is 4.16. The zero-order chi connectivity index (χ0) is 19.6. The maximum absolute atomic E-state index is 12.9. The molecule has 0 aliphatic carbocycles. The van der Waals surface area contributed by atoms with Crippen LogP contribution in [0.5, 0.6) is 0 Å². The molecule has 0 fully saturated rings. The highest BCUT2D eigenvalue weighted by molar-refractivity contribution is 8.00. The molecule has 0 unspecified atom stereocenters. The first-order valence-electron chi connectivity index (χ1n) is 8.68. The van der Waals surface area contributed by atoms with Crippen molar-refractivity contribution in [3.05, 3.63) is 53.1 Å². The van der Waals surface area contributed by atoms with E-state index in [4.69, 9.17) is 11.6 Å². The van der Waals surface area contributed by atoms with Gasteiger partial charge in [-0.15, -0.1) is 11.8 Å². The molecule has 0 spiro atoms. The number of sulfonamides is 1. The van der Waals surface area contributed by atoms with E-state index in [-0.39, 0.29) is 10.8 Å². The van der Waals surface area contributed by atoms with Gasteiger partial charge in [-0.05, 0) is 35.9 Å². The highest BCUT2D eigenvalue weighted by Gasteiger charge is 2.28. The lowest BCUT2D eigenvalue weighted by Gasteiger charge is -2.30. The smallest absolute Gasteiger partial charge is 0.243 e. The molecule has 0 N–H and O–H groups in total. The van der Waals surface area contributed by atoms with Gasteiger partial charge in [0.25, 0.3) is 0 Å². The second kappa shape index (κ2) is 8.22.